The molecule has 1 aromatic carbocycles. The Hall–Kier alpha value is -1.28. The molecule has 0 fully saturated rings. The summed E-state index contributed by atoms with van der Waals surface area (Å²) in [5, 5.41) is 0. The van der Waals surface area contributed by atoms with Crippen LogP contribution in [0.1, 0.15) is 12.0 Å². The van der Waals surface area contributed by atoms with Crippen LogP contribution in [-0.2, 0) is 9.53 Å². The molecular weight excluding hydrogens is 212 g/mol. The molecule has 0 heterocycles. The summed E-state index contributed by atoms with van der Waals surface area (Å²) in [5.41, 5.74) is 0.979. The first-order valence-electron chi connectivity index (χ1n) is 4.79. The number of benzene rings is 1. The van der Waals surface area contributed by atoms with Crippen molar-refractivity contribution in [2.75, 3.05) is 12.5 Å². The molecule has 1 rings (SSSR count). The molecule has 0 radical (unpaired) electrons. The van der Waals surface area contributed by atoms with Crippen LogP contribution >= 0.6 is 11.6 Å². The van der Waals surface area contributed by atoms with E-state index in [1.807, 2.05) is 30.3 Å². The fourth-order valence-electron chi connectivity index (χ4n) is 1.00. The van der Waals surface area contributed by atoms with Crippen molar-refractivity contribution in [3.63, 3.8) is 0 Å². The van der Waals surface area contributed by atoms with Crippen LogP contribution in [0.15, 0.2) is 36.4 Å². The Labute approximate surface area is 94.5 Å². The van der Waals surface area contributed by atoms with Crippen molar-refractivity contribution in [3.8, 4) is 0 Å². The van der Waals surface area contributed by atoms with E-state index >= 15 is 0 Å². The highest BCUT2D eigenvalue weighted by atomic mass is 35.5. The molecule has 0 bridgehead atoms. The van der Waals surface area contributed by atoms with Gasteiger partial charge in [0.25, 0.3) is 0 Å². The van der Waals surface area contributed by atoms with Crippen molar-refractivity contribution in [1.29, 1.82) is 0 Å². The molecule has 0 unspecified atom stereocenters. The lowest BCUT2D eigenvalue weighted by molar-refractivity contribution is -0.137. The van der Waals surface area contributed by atoms with Crippen LogP contribution in [0.3, 0.4) is 0 Å². The van der Waals surface area contributed by atoms with E-state index in [1.54, 1.807) is 6.08 Å². The predicted molar refractivity (Wildman–Crippen MR) is 61.8 cm³/mol. The lowest BCUT2D eigenvalue weighted by Crippen LogP contribution is -2.02. The van der Waals surface area contributed by atoms with Gasteiger partial charge in [-0.15, -0.1) is 11.6 Å². The number of halogens is 1. The van der Waals surface area contributed by atoms with Crippen molar-refractivity contribution >= 4 is 23.6 Å². The molecule has 1 aromatic rings. The van der Waals surface area contributed by atoms with E-state index < -0.39 is 0 Å². The number of hydrogen-bond donors (Lipinski definition) is 0. The summed E-state index contributed by atoms with van der Waals surface area (Å²) in [6, 6.07) is 9.60. The summed E-state index contributed by atoms with van der Waals surface area (Å²) in [6.07, 6.45) is 3.83. The maximum atomic E-state index is 11.1. The zero-order valence-electron chi connectivity index (χ0n) is 8.36. The molecule has 0 aliphatic rings. The summed E-state index contributed by atoms with van der Waals surface area (Å²) < 4.78 is 4.89. The highest BCUT2D eigenvalue weighted by molar-refractivity contribution is 6.17. The molecule has 0 aliphatic heterocycles. The average Bonchev–Trinajstić information content (AvgIpc) is 2.28. The first-order chi connectivity index (χ1) is 7.33. The first-order valence-corrected chi connectivity index (χ1v) is 5.32. The van der Waals surface area contributed by atoms with Crippen LogP contribution in [0.25, 0.3) is 6.08 Å². The number of carbonyl (C=O) groups excluding carboxylic acids is 1. The molecule has 0 spiro atoms. The Morgan fingerprint density at radius 3 is 2.73 bits per heavy atom. The second-order valence-electron chi connectivity index (χ2n) is 2.95. The van der Waals surface area contributed by atoms with Gasteiger partial charge >= 0.3 is 5.97 Å². The molecule has 0 atom stereocenters. The van der Waals surface area contributed by atoms with Crippen molar-refractivity contribution in [2.45, 2.75) is 6.42 Å². The van der Waals surface area contributed by atoms with Crippen molar-refractivity contribution < 1.29 is 9.53 Å². The zero-order valence-corrected chi connectivity index (χ0v) is 9.11. The molecule has 0 amide bonds. The van der Waals surface area contributed by atoms with Crippen molar-refractivity contribution in [1.82, 2.24) is 0 Å². The van der Waals surface area contributed by atoms with Gasteiger partial charge in [0.2, 0.25) is 0 Å². The minimum absolute atomic E-state index is 0.330. The predicted octanol–water partition coefficient (Wildman–Crippen LogP) is 2.87. The number of ether oxygens (including phenoxy) is 1. The third-order valence-electron chi connectivity index (χ3n) is 1.73. The van der Waals surface area contributed by atoms with Gasteiger partial charge in [-0.1, -0.05) is 30.3 Å². The Morgan fingerprint density at radius 2 is 2.07 bits per heavy atom. The molecule has 0 saturated heterocycles. The van der Waals surface area contributed by atoms with Gasteiger partial charge in [0.15, 0.2) is 0 Å². The number of hydrogen-bond acceptors (Lipinski definition) is 2. The van der Waals surface area contributed by atoms with E-state index in [-0.39, 0.29) is 5.97 Å². The molecule has 0 aromatic heterocycles. The van der Waals surface area contributed by atoms with E-state index in [4.69, 9.17) is 16.3 Å². The molecule has 0 saturated carbocycles. The number of alkyl halides is 1. The largest absolute Gasteiger partial charge is 0.462 e. The summed E-state index contributed by atoms with van der Waals surface area (Å²) in [5.74, 6) is 0.180. The average molecular weight is 225 g/mol. The maximum absolute atomic E-state index is 11.1. The highest BCUT2D eigenvalue weighted by Gasteiger charge is 1.95. The van der Waals surface area contributed by atoms with Gasteiger partial charge < -0.3 is 4.74 Å². The lowest BCUT2D eigenvalue weighted by atomic mass is 10.2. The topological polar surface area (TPSA) is 26.3 Å². The smallest absolute Gasteiger partial charge is 0.330 e. The van der Waals surface area contributed by atoms with E-state index in [0.29, 0.717) is 18.9 Å². The van der Waals surface area contributed by atoms with Gasteiger partial charge in [-0.25, -0.2) is 4.79 Å². The molecule has 80 valence electrons. The standard InChI is InChI=1S/C12H13ClO2/c13-9-4-10-15-12(14)8-7-11-5-2-1-3-6-11/h1-3,5-8H,4,9-10H2. The second-order valence-corrected chi connectivity index (χ2v) is 3.33. The lowest BCUT2D eigenvalue weighted by Gasteiger charge is -1.98. The third kappa shape index (κ3) is 5.23. The van der Waals surface area contributed by atoms with Crippen molar-refractivity contribution in [2.24, 2.45) is 0 Å². The molecule has 0 N–H and O–H groups in total. The molecule has 15 heavy (non-hydrogen) atoms. The maximum Gasteiger partial charge on any atom is 0.330 e. The summed E-state index contributed by atoms with van der Waals surface area (Å²) in [4.78, 5) is 11.1. The summed E-state index contributed by atoms with van der Waals surface area (Å²) >= 11 is 5.45. The minimum atomic E-state index is -0.330. The van der Waals surface area contributed by atoms with E-state index in [1.165, 1.54) is 6.08 Å². The van der Waals surface area contributed by atoms with Gasteiger partial charge in [-0.3, -0.25) is 0 Å². The SMILES string of the molecule is O=C(C=Cc1ccccc1)OCCCCl. The van der Waals surface area contributed by atoms with Crippen LogP contribution in [-0.4, -0.2) is 18.5 Å². The highest BCUT2D eigenvalue weighted by Crippen LogP contribution is 2.01. The normalized spacial score (nSPS) is 10.5. The van der Waals surface area contributed by atoms with Crippen LogP contribution in [0, 0.1) is 0 Å². The van der Waals surface area contributed by atoms with Crippen LogP contribution in [0.4, 0.5) is 0 Å². The third-order valence-corrected chi connectivity index (χ3v) is 2.00. The monoisotopic (exact) mass is 224 g/mol. The molecular formula is C12H13ClO2. The van der Waals surface area contributed by atoms with E-state index in [2.05, 4.69) is 0 Å². The van der Waals surface area contributed by atoms with Gasteiger partial charge in [-0.05, 0) is 18.1 Å². The number of rotatable bonds is 5. The van der Waals surface area contributed by atoms with Crippen LogP contribution < -0.4 is 0 Å². The number of carbonyl (C=O) groups is 1. The Bertz CT molecular complexity index is 320. The minimum Gasteiger partial charge on any atom is -0.462 e. The zero-order chi connectivity index (χ0) is 10.9. The van der Waals surface area contributed by atoms with Crippen LogP contribution in [0.2, 0.25) is 0 Å². The van der Waals surface area contributed by atoms with E-state index in [0.717, 1.165) is 5.56 Å². The van der Waals surface area contributed by atoms with Gasteiger partial charge in [0, 0.05) is 12.0 Å². The first kappa shape index (κ1) is 11.8. The van der Waals surface area contributed by atoms with Crippen molar-refractivity contribution in [3.05, 3.63) is 42.0 Å². The Balaban J connectivity index is 2.34. The quantitative estimate of drug-likeness (QED) is 0.333. The van der Waals surface area contributed by atoms with Crippen LogP contribution in [0.5, 0.6) is 0 Å². The Kier molecular flexibility index (Phi) is 5.56. The molecule has 3 heteroatoms. The summed E-state index contributed by atoms with van der Waals surface area (Å²) in [7, 11) is 0. The van der Waals surface area contributed by atoms with E-state index in [9.17, 15) is 4.79 Å². The number of esters is 1. The summed E-state index contributed by atoms with van der Waals surface area (Å²) in [6.45, 7) is 0.376. The Morgan fingerprint density at radius 1 is 1.33 bits per heavy atom. The van der Waals surface area contributed by atoms with Gasteiger partial charge in [0.05, 0.1) is 6.61 Å². The molecule has 0 aliphatic carbocycles. The van der Waals surface area contributed by atoms with Gasteiger partial charge in [0.1, 0.15) is 0 Å². The fraction of sp³-hybridized carbons (Fsp3) is 0.250. The second kappa shape index (κ2) is 7.07. The molecule has 2 nitrogen and oxygen atoms in total. The fourth-order valence-corrected chi connectivity index (χ4v) is 1.11. The van der Waals surface area contributed by atoms with Gasteiger partial charge in [-0.2, -0.15) is 0 Å².